The first kappa shape index (κ1) is 19.9. The molecular weight excluding hydrogens is 408 g/mol. The average Bonchev–Trinajstić information content (AvgIpc) is 2.67. The van der Waals surface area contributed by atoms with Gasteiger partial charge in [0.25, 0.3) is 0 Å². The normalized spacial score (nSPS) is 11.9. The molecule has 0 aliphatic carbocycles. The molecule has 1 unspecified atom stereocenters. The summed E-state index contributed by atoms with van der Waals surface area (Å²) in [4.78, 5) is 11.0. The molecule has 1 atom stereocenters. The lowest BCUT2D eigenvalue weighted by atomic mass is 10.1. The third-order valence-corrected chi connectivity index (χ3v) is 4.72. The number of ether oxygens (including phenoxy) is 1. The van der Waals surface area contributed by atoms with E-state index in [0.717, 1.165) is 0 Å². The standard InChI is InChI=1S/C19H14Cl2FN3O3/c1-9(16-12(20)6-7-13(22)17(16)21)28-15-8-14(24-25-18(15)23)10-2-4-11(5-3-10)19(26)27/h2-9H,1H3,(H2,23,25)(H,26,27). The lowest BCUT2D eigenvalue weighted by Gasteiger charge is -2.19. The molecule has 0 aliphatic heterocycles. The predicted molar refractivity (Wildman–Crippen MR) is 104 cm³/mol. The third kappa shape index (κ3) is 4.00. The maximum atomic E-state index is 13.8. The van der Waals surface area contributed by atoms with Crippen LogP contribution < -0.4 is 10.5 Å². The second-order valence-corrected chi connectivity index (χ2v) is 6.66. The molecule has 0 fully saturated rings. The van der Waals surface area contributed by atoms with Gasteiger partial charge in [-0.3, -0.25) is 0 Å². The third-order valence-electron chi connectivity index (χ3n) is 4.00. The van der Waals surface area contributed by atoms with E-state index in [2.05, 4.69) is 10.2 Å². The highest BCUT2D eigenvalue weighted by Gasteiger charge is 2.20. The van der Waals surface area contributed by atoms with Gasteiger partial charge in [-0.2, -0.15) is 0 Å². The fraction of sp³-hybridized carbons (Fsp3) is 0.105. The summed E-state index contributed by atoms with van der Waals surface area (Å²) in [5, 5.41) is 17.0. The smallest absolute Gasteiger partial charge is 0.335 e. The average molecular weight is 422 g/mol. The van der Waals surface area contributed by atoms with Crippen LogP contribution in [0.1, 0.15) is 28.9 Å². The van der Waals surface area contributed by atoms with Crippen molar-refractivity contribution in [2.45, 2.75) is 13.0 Å². The molecule has 0 amide bonds. The van der Waals surface area contributed by atoms with Gasteiger partial charge >= 0.3 is 5.97 Å². The van der Waals surface area contributed by atoms with E-state index in [1.807, 2.05) is 0 Å². The highest BCUT2D eigenvalue weighted by atomic mass is 35.5. The number of anilines is 1. The zero-order chi connectivity index (χ0) is 20.4. The van der Waals surface area contributed by atoms with Crippen molar-refractivity contribution in [2.24, 2.45) is 0 Å². The van der Waals surface area contributed by atoms with Gasteiger partial charge in [0.2, 0.25) is 0 Å². The Bertz CT molecular complexity index is 1050. The Morgan fingerprint density at radius 3 is 2.50 bits per heavy atom. The van der Waals surface area contributed by atoms with Crippen molar-refractivity contribution in [3.63, 3.8) is 0 Å². The first-order valence-electron chi connectivity index (χ1n) is 8.05. The van der Waals surface area contributed by atoms with Crippen LogP contribution in [0.2, 0.25) is 10.0 Å². The van der Waals surface area contributed by atoms with E-state index in [9.17, 15) is 9.18 Å². The number of aromatic nitrogens is 2. The van der Waals surface area contributed by atoms with Crippen molar-refractivity contribution in [1.82, 2.24) is 10.2 Å². The van der Waals surface area contributed by atoms with Crippen molar-refractivity contribution >= 4 is 35.0 Å². The molecule has 3 aromatic rings. The summed E-state index contributed by atoms with van der Waals surface area (Å²) in [6.07, 6.45) is -0.718. The van der Waals surface area contributed by atoms with E-state index >= 15 is 0 Å². The number of carboxylic acid groups (broad SMARTS) is 1. The molecule has 144 valence electrons. The van der Waals surface area contributed by atoms with Gasteiger partial charge < -0.3 is 15.6 Å². The maximum Gasteiger partial charge on any atom is 0.335 e. The summed E-state index contributed by atoms with van der Waals surface area (Å²) in [5.41, 5.74) is 7.32. The number of rotatable bonds is 5. The molecule has 9 heteroatoms. The zero-order valence-corrected chi connectivity index (χ0v) is 16.0. The van der Waals surface area contributed by atoms with Crippen molar-refractivity contribution in [1.29, 1.82) is 0 Å². The molecular formula is C19H14Cl2FN3O3. The van der Waals surface area contributed by atoms with Gasteiger partial charge in [-0.05, 0) is 31.2 Å². The number of nitrogens with two attached hydrogens (primary N) is 1. The topological polar surface area (TPSA) is 98.3 Å². The van der Waals surface area contributed by atoms with Crippen LogP contribution in [0.3, 0.4) is 0 Å². The number of nitrogens with zero attached hydrogens (tertiary/aromatic N) is 2. The number of aromatic carboxylic acids is 1. The first-order valence-corrected chi connectivity index (χ1v) is 8.80. The van der Waals surface area contributed by atoms with Crippen LogP contribution in [0.15, 0.2) is 42.5 Å². The molecule has 0 radical (unpaired) electrons. The SMILES string of the molecule is CC(Oc1cc(-c2ccc(C(=O)O)cc2)nnc1N)c1c(Cl)ccc(F)c1Cl. The molecule has 28 heavy (non-hydrogen) atoms. The van der Waals surface area contributed by atoms with Gasteiger partial charge in [0.15, 0.2) is 11.6 Å². The second-order valence-electron chi connectivity index (χ2n) is 5.88. The minimum Gasteiger partial charge on any atom is -0.482 e. The van der Waals surface area contributed by atoms with E-state index in [0.29, 0.717) is 11.3 Å². The van der Waals surface area contributed by atoms with Crippen molar-refractivity contribution < 1.29 is 19.0 Å². The van der Waals surface area contributed by atoms with Crippen LogP contribution in [0.4, 0.5) is 10.2 Å². The van der Waals surface area contributed by atoms with E-state index in [-0.39, 0.29) is 32.7 Å². The Hall–Kier alpha value is -2.90. The number of benzene rings is 2. The summed E-state index contributed by atoms with van der Waals surface area (Å²) in [5.74, 6) is -1.41. The van der Waals surface area contributed by atoms with Crippen molar-refractivity contribution in [3.8, 4) is 17.0 Å². The maximum absolute atomic E-state index is 13.8. The number of hydrogen-bond acceptors (Lipinski definition) is 5. The van der Waals surface area contributed by atoms with E-state index < -0.39 is 17.9 Å². The fourth-order valence-electron chi connectivity index (χ4n) is 2.57. The quantitative estimate of drug-likeness (QED) is 0.561. The van der Waals surface area contributed by atoms with Crippen LogP contribution >= 0.6 is 23.2 Å². The van der Waals surface area contributed by atoms with Gasteiger partial charge in [-0.15, -0.1) is 10.2 Å². The minimum atomic E-state index is -1.03. The molecule has 2 aromatic carbocycles. The fourth-order valence-corrected chi connectivity index (χ4v) is 3.25. The first-order chi connectivity index (χ1) is 13.3. The van der Waals surface area contributed by atoms with E-state index in [1.165, 1.54) is 24.3 Å². The minimum absolute atomic E-state index is 0.0291. The lowest BCUT2D eigenvalue weighted by molar-refractivity contribution is 0.0697. The summed E-state index contributed by atoms with van der Waals surface area (Å²) >= 11 is 12.2. The van der Waals surface area contributed by atoms with Gasteiger partial charge in [0, 0.05) is 22.2 Å². The summed E-state index contributed by atoms with van der Waals surface area (Å²) in [6, 6.07) is 10.2. The molecule has 0 saturated heterocycles. The molecule has 1 heterocycles. The molecule has 0 spiro atoms. The predicted octanol–water partition coefficient (Wildman–Crippen LogP) is 5.01. The van der Waals surface area contributed by atoms with Crippen LogP contribution in [-0.4, -0.2) is 21.3 Å². The molecule has 6 nitrogen and oxygen atoms in total. The number of halogens is 3. The summed E-state index contributed by atoms with van der Waals surface area (Å²) in [6.45, 7) is 1.65. The molecule has 3 rings (SSSR count). The Morgan fingerprint density at radius 2 is 1.86 bits per heavy atom. The molecule has 1 aromatic heterocycles. The number of nitrogen functional groups attached to an aromatic ring is 1. The molecule has 3 N–H and O–H groups in total. The van der Waals surface area contributed by atoms with Crippen molar-refractivity contribution in [2.75, 3.05) is 5.73 Å². The molecule has 0 saturated carbocycles. The Morgan fingerprint density at radius 1 is 1.18 bits per heavy atom. The number of carbonyl (C=O) groups is 1. The lowest BCUT2D eigenvalue weighted by Crippen LogP contribution is -2.09. The van der Waals surface area contributed by atoms with Crippen LogP contribution in [0.25, 0.3) is 11.3 Å². The summed E-state index contributed by atoms with van der Waals surface area (Å²) in [7, 11) is 0. The molecule has 0 aliphatic rings. The zero-order valence-electron chi connectivity index (χ0n) is 14.5. The monoisotopic (exact) mass is 421 g/mol. The van der Waals surface area contributed by atoms with Gasteiger partial charge in [0.05, 0.1) is 16.3 Å². The summed E-state index contributed by atoms with van der Waals surface area (Å²) < 4.78 is 19.6. The van der Waals surface area contributed by atoms with Gasteiger partial charge in [0.1, 0.15) is 11.9 Å². The number of hydrogen-bond donors (Lipinski definition) is 2. The second kappa shape index (κ2) is 8.00. The van der Waals surface area contributed by atoms with Crippen LogP contribution in [0, 0.1) is 5.82 Å². The van der Waals surface area contributed by atoms with E-state index in [4.69, 9.17) is 38.8 Å². The Kier molecular flexibility index (Phi) is 5.67. The highest BCUT2D eigenvalue weighted by Crippen LogP contribution is 2.36. The van der Waals surface area contributed by atoms with E-state index in [1.54, 1.807) is 25.1 Å². The van der Waals surface area contributed by atoms with Crippen molar-refractivity contribution in [3.05, 3.63) is 69.5 Å². The van der Waals surface area contributed by atoms with Crippen LogP contribution in [0.5, 0.6) is 5.75 Å². The molecule has 0 bridgehead atoms. The number of carboxylic acids is 1. The van der Waals surface area contributed by atoms with Crippen LogP contribution in [-0.2, 0) is 0 Å². The largest absolute Gasteiger partial charge is 0.482 e. The van der Waals surface area contributed by atoms with Gasteiger partial charge in [-0.1, -0.05) is 35.3 Å². The Labute approximate surface area is 169 Å². The highest BCUT2D eigenvalue weighted by molar-refractivity contribution is 6.36. The Balaban J connectivity index is 1.92. The van der Waals surface area contributed by atoms with Gasteiger partial charge in [-0.25, -0.2) is 9.18 Å².